The van der Waals surface area contributed by atoms with E-state index in [1.807, 2.05) is 49.4 Å². The fourth-order valence-corrected chi connectivity index (χ4v) is 3.49. The van der Waals surface area contributed by atoms with Crippen molar-refractivity contribution in [3.63, 3.8) is 0 Å². The maximum absolute atomic E-state index is 12.0. The number of hydrogen-bond acceptors (Lipinski definition) is 4. The molecule has 3 rings (SSSR count). The number of piperazine rings is 1. The number of guanidine groups is 1. The minimum Gasteiger partial charge on any atom is -0.506 e. The molecule has 8 heteroatoms. The molecule has 0 bridgehead atoms. The van der Waals surface area contributed by atoms with E-state index in [0.29, 0.717) is 24.4 Å². The van der Waals surface area contributed by atoms with E-state index in [9.17, 15) is 9.90 Å². The summed E-state index contributed by atoms with van der Waals surface area (Å²) in [6.45, 7) is 6.36. The molecule has 1 aliphatic rings. The van der Waals surface area contributed by atoms with Gasteiger partial charge in [0.2, 0.25) is 0 Å². The van der Waals surface area contributed by atoms with Gasteiger partial charge in [-0.3, -0.25) is 9.79 Å². The van der Waals surface area contributed by atoms with Crippen LogP contribution in [0.3, 0.4) is 0 Å². The number of aliphatic imine (C=N–C) groups is 1. The van der Waals surface area contributed by atoms with Crippen LogP contribution in [0.4, 0.5) is 5.69 Å². The highest BCUT2D eigenvalue weighted by atomic mass is 127. The molecule has 1 heterocycles. The lowest BCUT2D eigenvalue weighted by Crippen LogP contribution is -2.52. The van der Waals surface area contributed by atoms with Crippen molar-refractivity contribution < 1.29 is 9.90 Å². The Hall–Kier alpha value is -2.49. The first-order valence-corrected chi connectivity index (χ1v) is 9.98. The monoisotopic (exact) mass is 523 g/mol. The number of hydrogen-bond donors (Lipinski definition) is 3. The zero-order valence-corrected chi connectivity index (χ0v) is 19.8. The van der Waals surface area contributed by atoms with Gasteiger partial charge in [0.25, 0.3) is 5.91 Å². The number of amides is 1. The van der Waals surface area contributed by atoms with E-state index in [1.165, 1.54) is 0 Å². The normalized spacial score (nSPS) is 14.1. The van der Waals surface area contributed by atoms with Crippen LogP contribution in [0.5, 0.6) is 5.75 Å². The second-order valence-corrected chi connectivity index (χ2v) is 6.92. The average molecular weight is 523 g/mol. The number of nitrogens with zero attached hydrogens (tertiary/aromatic N) is 3. The number of rotatable bonds is 5. The van der Waals surface area contributed by atoms with Crippen LogP contribution in [0.25, 0.3) is 0 Å². The number of phenols is 1. The van der Waals surface area contributed by atoms with Crippen molar-refractivity contribution in [3.05, 3.63) is 59.7 Å². The Morgan fingerprint density at radius 3 is 2.47 bits per heavy atom. The van der Waals surface area contributed by atoms with Gasteiger partial charge in [0.15, 0.2) is 5.96 Å². The Labute approximate surface area is 195 Å². The molecule has 1 saturated heterocycles. The second kappa shape index (κ2) is 11.6. The van der Waals surface area contributed by atoms with Crippen molar-refractivity contribution in [2.45, 2.75) is 13.5 Å². The van der Waals surface area contributed by atoms with Gasteiger partial charge in [-0.2, -0.15) is 0 Å². The van der Waals surface area contributed by atoms with Crippen LogP contribution in [0.2, 0.25) is 0 Å². The van der Waals surface area contributed by atoms with E-state index in [1.54, 1.807) is 13.1 Å². The predicted octanol–water partition coefficient (Wildman–Crippen LogP) is 2.66. The van der Waals surface area contributed by atoms with Crippen molar-refractivity contribution in [1.82, 2.24) is 15.5 Å². The van der Waals surface area contributed by atoms with Gasteiger partial charge >= 0.3 is 0 Å². The number of carbonyl (C=O) groups excluding carboxylic acids is 1. The molecule has 0 radical (unpaired) electrons. The molecule has 3 N–H and O–H groups in total. The predicted molar refractivity (Wildman–Crippen MR) is 132 cm³/mol. The largest absolute Gasteiger partial charge is 0.506 e. The molecule has 2 aromatic rings. The van der Waals surface area contributed by atoms with E-state index in [-0.39, 0.29) is 29.9 Å². The second-order valence-electron chi connectivity index (χ2n) is 6.92. The third-order valence-electron chi connectivity index (χ3n) is 4.99. The lowest BCUT2D eigenvalue weighted by Gasteiger charge is -2.37. The Balaban J connectivity index is 0.00000320. The maximum atomic E-state index is 12.0. The van der Waals surface area contributed by atoms with Gasteiger partial charge in [-0.15, -0.1) is 24.0 Å². The molecule has 0 aromatic heterocycles. The third kappa shape index (κ3) is 6.01. The van der Waals surface area contributed by atoms with E-state index in [4.69, 9.17) is 0 Å². The number of nitrogens with one attached hydrogen (secondary N) is 2. The Morgan fingerprint density at radius 1 is 1.07 bits per heavy atom. The fraction of sp³-hybridized carbons (Fsp3) is 0.364. The molecule has 0 saturated carbocycles. The fourth-order valence-electron chi connectivity index (χ4n) is 3.49. The van der Waals surface area contributed by atoms with Gasteiger partial charge in [0.1, 0.15) is 5.75 Å². The van der Waals surface area contributed by atoms with Gasteiger partial charge in [0, 0.05) is 51.9 Å². The molecule has 0 spiro atoms. The summed E-state index contributed by atoms with van der Waals surface area (Å²) in [5, 5.41) is 16.3. The minimum absolute atomic E-state index is 0. The summed E-state index contributed by atoms with van der Waals surface area (Å²) in [7, 11) is 1.78. The van der Waals surface area contributed by atoms with Gasteiger partial charge in [0.05, 0.1) is 5.69 Å². The minimum atomic E-state index is -0.0565. The number of carbonyl (C=O) groups is 1. The molecule has 1 fully saturated rings. The molecular formula is C22H30IN5O2. The first kappa shape index (κ1) is 23.8. The number of halogens is 1. The Morgan fingerprint density at radius 2 is 1.80 bits per heavy atom. The summed E-state index contributed by atoms with van der Waals surface area (Å²) in [6.07, 6.45) is 0. The molecule has 2 aromatic carbocycles. The molecule has 0 atom stereocenters. The molecule has 0 aliphatic carbocycles. The van der Waals surface area contributed by atoms with E-state index >= 15 is 0 Å². The van der Waals surface area contributed by atoms with Gasteiger partial charge in [-0.25, -0.2) is 0 Å². The number of anilines is 1. The number of para-hydroxylation sites is 2. The summed E-state index contributed by atoms with van der Waals surface area (Å²) in [6, 6.07) is 15.1. The molecular weight excluding hydrogens is 493 g/mol. The third-order valence-corrected chi connectivity index (χ3v) is 4.99. The summed E-state index contributed by atoms with van der Waals surface area (Å²) < 4.78 is 0. The first-order valence-electron chi connectivity index (χ1n) is 9.98. The summed E-state index contributed by atoms with van der Waals surface area (Å²) in [5.74, 6) is 1.10. The van der Waals surface area contributed by atoms with Crippen LogP contribution in [-0.2, 0) is 6.54 Å². The highest BCUT2D eigenvalue weighted by Crippen LogP contribution is 2.27. The van der Waals surface area contributed by atoms with E-state index in [0.717, 1.165) is 43.4 Å². The highest BCUT2D eigenvalue weighted by molar-refractivity contribution is 14.0. The zero-order chi connectivity index (χ0) is 20.6. The van der Waals surface area contributed by atoms with Gasteiger partial charge in [-0.05, 0) is 36.8 Å². The Bertz CT molecular complexity index is 866. The van der Waals surface area contributed by atoms with Crippen LogP contribution in [0.15, 0.2) is 53.5 Å². The quantitative estimate of drug-likeness (QED) is 0.319. The molecule has 162 valence electrons. The number of phenolic OH excluding ortho intramolecular Hbond substituents is 1. The van der Waals surface area contributed by atoms with Crippen LogP contribution in [0, 0.1) is 0 Å². The van der Waals surface area contributed by atoms with E-state index in [2.05, 4.69) is 25.4 Å². The highest BCUT2D eigenvalue weighted by Gasteiger charge is 2.21. The van der Waals surface area contributed by atoms with Crippen molar-refractivity contribution in [2.75, 3.05) is 44.7 Å². The van der Waals surface area contributed by atoms with Crippen LogP contribution < -0.4 is 15.5 Å². The SMILES string of the molecule is CCNC(=O)c1cccc(CNC(=NC)N2CCN(c3ccccc3O)CC2)c1.I. The van der Waals surface area contributed by atoms with Crippen LogP contribution in [-0.4, -0.2) is 61.6 Å². The molecule has 30 heavy (non-hydrogen) atoms. The van der Waals surface area contributed by atoms with Gasteiger partial charge < -0.3 is 25.5 Å². The zero-order valence-electron chi connectivity index (χ0n) is 17.5. The average Bonchev–Trinajstić information content (AvgIpc) is 2.75. The molecule has 1 aliphatic heterocycles. The molecule has 0 unspecified atom stereocenters. The van der Waals surface area contributed by atoms with Crippen molar-refractivity contribution in [3.8, 4) is 5.75 Å². The molecule has 1 amide bonds. The standard InChI is InChI=1S/C22H29N5O2.HI/c1-3-24-21(29)18-8-6-7-17(15-18)16-25-22(23-2)27-13-11-26(12-14-27)19-9-4-5-10-20(19)28;/h4-10,15,28H,3,11-14,16H2,1-2H3,(H,23,25)(H,24,29);1H. The Kier molecular flexibility index (Phi) is 9.22. The van der Waals surface area contributed by atoms with Gasteiger partial charge in [-0.1, -0.05) is 24.3 Å². The lowest BCUT2D eigenvalue weighted by molar-refractivity contribution is 0.0955. The van der Waals surface area contributed by atoms with Crippen molar-refractivity contribution in [1.29, 1.82) is 0 Å². The van der Waals surface area contributed by atoms with E-state index < -0.39 is 0 Å². The van der Waals surface area contributed by atoms with Crippen LogP contribution in [0.1, 0.15) is 22.8 Å². The first-order chi connectivity index (χ1) is 14.1. The number of aromatic hydroxyl groups is 1. The molecule has 7 nitrogen and oxygen atoms in total. The number of benzene rings is 2. The maximum Gasteiger partial charge on any atom is 0.251 e. The van der Waals surface area contributed by atoms with Crippen LogP contribution >= 0.6 is 24.0 Å². The topological polar surface area (TPSA) is 80.2 Å². The summed E-state index contributed by atoms with van der Waals surface area (Å²) >= 11 is 0. The van der Waals surface area contributed by atoms with Crippen molar-refractivity contribution in [2.24, 2.45) is 4.99 Å². The van der Waals surface area contributed by atoms with Crippen molar-refractivity contribution >= 4 is 41.5 Å². The summed E-state index contributed by atoms with van der Waals surface area (Å²) in [4.78, 5) is 20.8. The smallest absolute Gasteiger partial charge is 0.251 e. The lowest BCUT2D eigenvalue weighted by atomic mass is 10.1. The summed E-state index contributed by atoms with van der Waals surface area (Å²) in [5.41, 5.74) is 2.57.